The van der Waals surface area contributed by atoms with Gasteiger partial charge in [-0.15, -0.1) is 0 Å². The Labute approximate surface area is 115 Å². The third kappa shape index (κ3) is 4.02. The van der Waals surface area contributed by atoms with Gasteiger partial charge in [-0.2, -0.15) is 0 Å². The lowest BCUT2D eigenvalue weighted by molar-refractivity contribution is 0.340. The maximum atomic E-state index is 5.43. The minimum absolute atomic E-state index is 0.704. The van der Waals surface area contributed by atoms with Gasteiger partial charge >= 0.3 is 0 Å². The zero-order valence-corrected chi connectivity index (χ0v) is 11.9. The van der Waals surface area contributed by atoms with E-state index in [4.69, 9.17) is 4.74 Å². The largest absolute Gasteiger partial charge is 0.494 e. The van der Waals surface area contributed by atoms with Crippen molar-refractivity contribution in [2.24, 2.45) is 0 Å². The summed E-state index contributed by atoms with van der Waals surface area (Å²) in [5.41, 5.74) is 5.04. The van der Waals surface area contributed by atoms with Crippen LogP contribution in [0.3, 0.4) is 0 Å². The van der Waals surface area contributed by atoms with Crippen molar-refractivity contribution in [2.45, 2.75) is 27.3 Å². The standard InChI is InChI=1S/C17H21NO/c1-4-19-17-7-5-16(6-8-17)18-12-15-10-13(2)9-14(3)11-15/h5-11,18H,4,12H2,1-3H3. The number of ether oxygens (including phenoxy) is 1. The molecule has 0 aliphatic carbocycles. The minimum Gasteiger partial charge on any atom is -0.494 e. The van der Waals surface area contributed by atoms with E-state index in [9.17, 15) is 0 Å². The third-order valence-corrected chi connectivity index (χ3v) is 2.94. The number of aryl methyl sites for hydroxylation is 2. The fraction of sp³-hybridized carbons (Fsp3) is 0.294. The van der Waals surface area contributed by atoms with Gasteiger partial charge in [0.1, 0.15) is 5.75 Å². The highest BCUT2D eigenvalue weighted by Crippen LogP contribution is 2.17. The molecular formula is C17H21NO. The predicted molar refractivity (Wildman–Crippen MR) is 80.9 cm³/mol. The Morgan fingerprint density at radius 2 is 1.58 bits per heavy atom. The molecule has 0 amide bonds. The van der Waals surface area contributed by atoms with E-state index in [1.165, 1.54) is 16.7 Å². The molecule has 100 valence electrons. The topological polar surface area (TPSA) is 21.3 Å². The molecular weight excluding hydrogens is 234 g/mol. The molecule has 0 bridgehead atoms. The van der Waals surface area contributed by atoms with Gasteiger partial charge in [-0.3, -0.25) is 0 Å². The Morgan fingerprint density at radius 1 is 0.947 bits per heavy atom. The number of anilines is 1. The molecule has 1 N–H and O–H groups in total. The molecule has 0 unspecified atom stereocenters. The van der Waals surface area contributed by atoms with E-state index in [2.05, 4.69) is 37.4 Å². The van der Waals surface area contributed by atoms with Gasteiger partial charge in [0.2, 0.25) is 0 Å². The maximum Gasteiger partial charge on any atom is 0.119 e. The molecule has 0 saturated carbocycles. The van der Waals surface area contributed by atoms with E-state index >= 15 is 0 Å². The van der Waals surface area contributed by atoms with Gasteiger partial charge in [0.25, 0.3) is 0 Å². The Hall–Kier alpha value is -1.96. The third-order valence-electron chi connectivity index (χ3n) is 2.94. The zero-order valence-electron chi connectivity index (χ0n) is 11.9. The molecule has 2 aromatic carbocycles. The number of rotatable bonds is 5. The summed E-state index contributed by atoms with van der Waals surface area (Å²) < 4.78 is 5.43. The van der Waals surface area contributed by atoms with Gasteiger partial charge in [-0.25, -0.2) is 0 Å². The molecule has 0 radical (unpaired) electrons. The van der Waals surface area contributed by atoms with Crippen LogP contribution in [-0.2, 0) is 6.54 Å². The Balaban J connectivity index is 1.98. The summed E-state index contributed by atoms with van der Waals surface area (Å²) in [6.45, 7) is 7.80. The van der Waals surface area contributed by atoms with E-state index < -0.39 is 0 Å². The lowest BCUT2D eigenvalue weighted by atomic mass is 10.1. The SMILES string of the molecule is CCOc1ccc(NCc2cc(C)cc(C)c2)cc1. The van der Waals surface area contributed by atoms with Gasteiger partial charge in [-0.05, 0) is 50.6 Å². The molecule has 0 aliphatic heterocycles. The van der Waals surface area contributed by atoms with Crippen LogP contribution in [0.15, 0.2) is 42.5 Å². The van der Waals surface area contributed by atoms with E-state index in [0.29, 0.717) is 6.61 Å². The molecule has 2 aromatic rings. The van der Waals surface area contributed by atoms with Gasteiger partial charge in [0.15, 0.2) is 0 Å². The van der Waals surface area contributed by atoms with Crippen LogP contribution < -0.4 is 10.1 Å². The zero-order chi connectivity index (χ0) is 13.7. The lowest BCUT2D eigenvalue weighted by Gasteiger charge is -2.09. The van der Waals surface area contributed by atoms with Crippen molar-refractivity contribution in [2.75, 3.05) is 11.9 Å². The van der Waals surface area contributed by atoms with Crippen molar-refractivity contribution < 1.29 is 4.74 Å². The highest BCUT2D eigenvalue weighted by Gasteiger charge is 1.98. The molecule has 2 nitrogen and oxygen atoms in total. The fourth-order valence-electron chi connectivity index (χ4n) is 2.21. The predicted octanol–water partition coefficient (Wildman–Crippen LogP) is 4.31. The van der Waals surface area contributed by atoms with Gasteiger partial charge in [-0.1, -0.05) is 29.3 Å². The van der Waals surface area contributed by atoms with Crippen LogP contribution in [0, 0.1) is 13.8 Å². The Morgan fingerprint density at radius 3 is 2.16 bits per heavy atom. The molecule has 2 rings (SSSR count). The molecule has 0 spiro atoms. The molecule has 19 heavy (non-hydrogen) atoms. The highest BCUT2D eigenvalue weighted by atomic mass is 16.5. The number of benzene rings is 2. The second-order valence-electron chi connectivity index (χ2n) is 4.81. The first-order valence-corrected chi connectivity index (χ1v) is 6.71. The Kier molecular flexibility index (Phi) is 4.45. The Bertz CT molecular complexity index is 511. The molecule has 2 heteroatoms. The first-order valence-electron chi connectivity index (χ1n) is 6.71. The summed E-state index contributed by atoms with van der Waals surface area (Å²) in [6.07, 6.45) is 0. The minimum atomic E-state index is 0.704. The van der Waals surface area contributed by atoms with Crippen molar-refractivity contribution in [1.29, 1.82) is 0 Å². The second-order valence-corrected chi connectivity index (χ2v) is 4.81. The summed E-state index contributed by atoms with van der Waals surface area (Å²) in [5, 5.41) is 3.43. The summed E-state index contributed by atoms with van der Waals surface area (Å²) in [7, 11) is 0. The van der Waals surface area contributed by atoms with E-state index in [-0.39, 0.29) is 0 Å². The van der Waals surface area contributed by atoms with Crippen molar-refractivity contribution >= 4 is 5.69 Å². The van der Waals surface area contributed by atoms with Crippen LogP contribution >= 0.6 is 0 Å². The van der Waals surface area contributed by atoms with Crippen LogP contribution in [0.5, 0.6) is 5.75 Å². The molecule has 0 aromatic heterocycles. The van der Waals surface area contributed by atoms with Crippen molar-refractivity contribution in [3.63, 3.8) is 0 Å². The van der Waals surface area contributed by atoms with Crippen LogP contribution in [0.25, 0.3) is 0 Å². The lowest BCUT2D eigenvalue weighted by Crippen LogP contribution is -2.00. The van der Waals surface area contributed by atoms with Crippen LogP contribution in [0.4, 0.5) is 5.69 Å². The number of hydrogen-bond acceptors (Lipinski definition) is 2. The monoisotopic (exact) mass is 255 g/mol. The highest BCUT2D eigenvalue weighted by molar-refractivity contribution is 5.47. The first-order chi connectivity index (χ1) is 9.17. The van der Waals surface area contributed by atoms with Crippen molar-refractivity contribution in [3.05, 3.63) is 59.2 Å². The van der Waals surface area contributed by atoms with Gasteiger partial charge in [0, 0.05) is 12.2 Å². The summed E-state index contributed by atoms with van der Waals surface area (Å²) in [6, 6.07) is 14.7. The molecule has 0 heterocycles. The molecule has 0 saturated heterocycles. The van der Waals surface area contributed by atoms with Crippen molar-refractivity contribution in [1.82, 2.24) is 0 Å². The molecule has 0 fully saturated rings. The maximum absolute atomic E-state index is 5.43. The van der Waals surface area contributed by atoms with Crippen LogP contribution in [0.1, 0.15) is 23.6 Å². The van der Waals surface area contributed by atoms with Crippen LogP contribution in [0.2, 0.25) is 0 Å². The quantitative estimate of drug-likeness (QED) is 0.859. The number of nitrogens with one attached hydrogen (secondary N) is 1. The van der Waals surface area contributed by atoms with Gasteiger partial charge in [0.05, 0.1) is 6.61 Å². The number of hydrogen-bond donors (Lipinski definition) is 1. The van der Waals surface area contributed by atoms with Gasteiger partial charge < -0.3 is 10.1 Å². The summed E-state index contributed by atoms with van der Waals surface area (Å²) in [4.78, 5) is 0. The fourth-order valence-corrected chi connectivity index (χ4v) is 2.21. The molecule has 0 aliphatic rings. The normalized spacial score (nSPS) is 10.3. The van der Waals surface area contributed by atoms with E-state index in [0.717, 1.165) is 18.0 Å². The summed E-state index contributed by atoms with van der Waals surface area (Å²) in [5.74, 6) is 0.916. The van der Waals surface area contributed by atoms with Crippen molar-refractivity contribution in [3.8, 4) is 5.75 Å². The smallest absolute Gasteiger partial charge is 0.119 e. The average molecular weight is 255 g/mol. The second kappa shape index (κ2) is 6.28. The molecule has 0 atom stereocenters. The average Bonchev–Trinajstić information content (AvgIpc) is 2.37. The first kappa shape index (κ1) is 13.5. The van der Waals surface area contributed by atoms with E-state index in [1.807, 2.05) is 31.2 Å². The summed E-state index contributed by atoms with van der Waals surface area (Å²) >= 11 is 0. The van der Waals surface area contributed by atoms with Crippen LogP contribution in [-0.4, -0.2) is 6.61 Å². The van der Waals surface area contributed by atoms with E-state index in [1.54, 1.807) is 0 Å².